The molecule has 1 aromatic carbocycles. The Labute approximate surface area is 99.3 Å². The Balaban J connectivity index is 2.11. The quantitative estimate of drug-likeness (QED) is 0.817. The maximum atomic E-state index is 12.9. The summed E-state index contributed by atoms with van der Waals surface area (Å²) in [6.07, 6.45) is 2.18. The molecule has 0 spiro atoms. The number of anilines is 1. The zero-order valence-electron chi connectivity index (χ0n) is 9.70. The zero-order chi connectivity index (χ0) is 11.8. The molecular formula is C13H14FN3. The summed E-state index contributed by atoms with van der Waals surface area (Å²) >= 11 is 0. The van der Waals surface area contributed by atoms with E-state index in [2.05, 4.69) is 10.4 Å². The largest absolute Gasteiger partial charge is 0.382 e. The van der Waals surface area contributed by atoms with E-state index in [0.29, 0.717) is 0 Å². The minimum Gasteiger partial charge on any atom is -0.382 e. The summed E-state index contributed by atoms with van der Waals surface area (Å²) in [7, 11) is 1.96. The van der Waals surface area contributed by atoms with E-state index in [4.69, 9.17) is 0 Å². The van der Waals surface area contributed by atoms with Crippen LogP contribution in [0.25, 0.3) is 11.3 Å². The second kappa shape index (κ2) is 3.87. The average Bonchev–Trinajstić information content (AvgIpc) is 2.69. The number of benzene rings is 1. The highest BCUT2D eigenvalue weighted by molar-refractivity contribution is 5.76. The molecule has 17 heavy (non-hydrogen) atoms. The number of aromatic nitrogens is 2. The van der Waals surface area contributed by atoms with E-state index in [1.165, 1.54) is 17.8 Å². The van der Waals surface area contributed by atoms with Gasteiger partial charge in [0.1, 0.15) is 11.5 Å². The Morgan fingerprint density at radius 1 is 1.29 bits per heavy atom. The van der Waals surface area contributed by atoms with Crippen molar-refractivity contribution in [3.8, 4) is 11.3 Å². The molecule has 1 N–H and O–H groups in total. The van der Waals surface area contributed by atoms with Crippen LogP contribution in [-0.2, 0) is 13.5 Å². The highest BCUT2D eigenvalue weighted by atomic mass is 19.1. The molecule has 0 atom stereocenters. The van der Waals surface area contributed by atoms with Crippen molar-refractivity contribution in [2.45, 2.75) is 12.8 Å². The van der Waals surface area contributed by atoms with Gasteiger partial charge in [-0.15, -0.1) is 0 Å². The first kappa shape index (κ1) is 10.3. The molecule has 2 aromatic rings. The second-order valence-electron chi connectivity index (χ2n) is 4.33. The van der Waals surface area contributed by atoms with E-state index >= 15 is 0 Å². The van der Waals surface area contributed by atoms with E-state index in [9.17, 15) is 4.39 Å². The fourth-order valence-electron chi connectivity index (χ4n) is 2.31. The van der Waals surface area contributed by atoms with Crippen molar-refractivity contribution in [3.63, 3.8) is 0 Å². The van der Waals surface area contributed by atoms with Gasteiger partial charge in [-0.3, -0.25) is 4.68 Å². The third kappa shape index (κ3) is 1.69. The maximum Gasteiger partial charge on any atom is 0.123 e. The molecule has 0 aliphatic carbocycles. The molecule has 0 saturated heterocycles. The summed E-state index contributed by atoms with van der Waals surface area (Å²) in [4.78, 5) is 0. The van der Waals surface area contributed by atoms with Gasteiger partial charge in [-0.2, -0.15) is 5.10 Å². The maximum absolute atomic E-state index is 12.9. The molecule has 3 rings (SSSR count). The zero-order valence-corrected chi connectivity index (χ0v) is 9.70. The molecule has 0 unspecified atom stereocenters. The van der Waals surface area contributed by atoms with Gasteiger partial charge in [-0.05, 0) is 37.1 Å². The van der Waals surface area contributed by atoms with Gasteiger partial charge in [0, 0.05) is 19.2 Å². The summed E-state index contributed by atoms with van der Waals surface area (Å²) < 4.78 is 14.8. The molecule has 1 aliphatic heterocycles. The van der Waals surface area contributed by atoms with Gasteiger partial charge in [0.25, 0.3) is 0 Å². The first-order valence-corrected chi connectivity index (χ1v) is 5.81. The number of aryl methyl sites for hydroxylation is 1. The van der Waals surface area contributed by atoms with Crippen molar-refractivity contribution in [1.82, 2.24) is 9.78 Å². The molecule has 2 heterocycles. The van der Waals surface area contributed by atoms with Gasteiger partial charge in [0.2, 0.25) is 0 Å². The van der Waals surface area contributed by atoms with Crippen LogP contribution in [0.15, 0.2) is 24.3 Å². The van der Waals surface area contributed by atoms with Crippen LogP contribution < -0.4 is 5.32 Å². The summed E-state index contributed by atoms with van der Waals surface area (Å²) in [6.45, 7) is 0.979. The Morgan fingerprint density at radius 3 is 2.82 bits per heavy atom. The molecule has 0 bridgehead atoms. The van der Waals surface area contributed by atoms with E-state index in [-0.39, 0.29) is 5.82 Å². The number of hydrogen-bond donors (Lipinski definition) is 1. The van der Waals surface area contributed by atoms with Gasteiger partial charge in [-0.1, -0.05) is 0 Å². The number of nitrogens with one attached hydrogen (secondary N) is 1. The van der Waals surface area contributed by atoms with Crippen molar-refractivity contribution in [3.05, 3.63) is 35.8 Å². The summed E-state index contributed by atoms with van der Waals surface area (Å²) in [6, 6.07) is 6.49. The minimum atomic E-state index is -0.216. The molecule has 4 heteroatoms. The Kier molecular flexibility index (Phi) is 2.35. The SMILES string of the molecule is Cn1nc(-c2ccc(F)cc2)c2c1CCCN2. The second-order valence-corrected chi connectivity index (χ2v) is 4.33. The topological polar surface area (TPSA) is 29.9 Å². The lowest BCUT2D eigenvalue weighted by Gasteiger charge is -2.15. The Morgan fingerprint density at radius 2 is 2.06 bits per heavy atom. The molecule has 1 aromatic heterocycles. The van der Waals surface area contributed by atoms with Crippen LogP contribution in [0.1, 0.15) is 12.1 Å². The standard InChI is InChI=1S/C13H14FN3/c1-17-11-3-2-8-15-13(11)12(16-17)9-4-6-10(14)7-5-9/h4-7,15H,2-3,8H2,1H3. The van der Waals surface area contributed by atoms with Crippen LogP contribution in [0.5, 0.6) is 0 Å². The van der Waals surface area contributed by atoms with E-state index in [1.807, 2.05) is 11.7 Å². The van der Waals surface area contributed by atoms with E-state index in [0.717, 1.165) is 36.3 Å². The average molecular weight is 231 g/mol. The van der Waals surface area contributed by atoms with Gasteiger partial charge in [0.05, 0.1) is 11.4 Å². The lowest BCUT2D eigenvalue weighted by Crippen LogP contribution is -2.13. The smallest absolute Gasteiger partial charge is 0.123 e. The van der Waals surface area contributed by atoms with Crippen LogP contribution >= 0.6 is 0 Å². The molecule has 88 valence electrons. The molecule has 0 radical (unpaired) electrons. The molecule has 0 amide bonds. The number of hydrogen-bond acceptors (Lipinski definition) is 2. The summed E-state index contributed by atoms with van der Waals surface area (Å²) in [5, 5.41) is 7.91. The lowest BCUT2D eigenvalue weighted by molar-refractivity contribution is 0.628. The van der Waals surface area contributed by atoms with Crippen LogP contribution in [0.2, 0.25) is 0 Å². The van der Waals surface area contributed by atoms with Crippen LogP contribution in [0.3, 0.4) is 0 Å². The van der Waals surface area contributed by atoms with Crippen LogP contribution in [-0.4, -0.2) is 16.3 Å². The number of nitrogens with zero attached hydrogens (tertiary/aromatic N) is 2. The van der Waals surface area contributed by atoms with Gasteiger partial charge in [0.15, 0.2) is 0 Å². The van der Waals surface area contributed by atoms with E-state index < -0.39 is 0 Å². The molecule has 3 nitrogen and oxygen atoms in total. The van der Waals surface area contributed by atoms with Crippen molar-refractivity contribution >= 4 is 5.69 Å². The summed E-state index contributed by atoms with van der Waals surface area (Å²) in [5.41, 5.74) is 4.21. The Bertz CT molecular complexity index is 543. The number of halogens is 1. The first-order valence-electron chi connectivity index (χ1n) is 5.81. The number of rotatable bonds is 1. The Hall–Kier alpha value is -1.84. The van der Waals surface area contributed by atoms with E-state index in [1.54, 1.807) is 12.1 Å². The highest BCUT2D eigenvalue weighted by Crippen LogP contribution is 2.32. The third-order valence-corrected chi connectivity index (χ3v) is 3.18. The minimum absolute atomic E-state index is 0.216. The van der Waals surface area contributed by atoms with Gasteiger partial charge < -0.3 is 5.32 Å². The highest BCUT2D eigenvalue weighted by Gasteiger charge is 2.19. The summed E-state index contributed by atoms with van der Waals surface area (Å²) in [5.74, 6) is -0.216. The first-order chi connectivity index (χ1) is 8.25. The van der Waals surface area contributed by atoms with Crippen LogP contribution in [0.4, 0.5) is 10.1 Å². The monoisotopic (exact) mass is 231 g/mol. The number of fused-ring (bicyclic) bond motifs is 1. The van der Waals surface area contributed by atoms with Crippen molar-refractivity contribution < 1.29 is 4.39 Å². The van der Waals surface area contributed by atoms with Gasteiger partial charge >= 0.3 is 0 Å². The van der Waals surface area contributed by atoms with Crippen molar-refractivity contribution in [1.29, 1.82) is 0 Å². The third-order valence-electron chi connectivity index (χ3n) is 3.18. The molecule has 0 saturated carbocycles. The predicted molar refractivity (Wildman–Crippen MR) is 65.4 cm³/mol. The molecule has 1 aliphatic rings. The normalized spacial score (nSPS) is 14.2. The lowest BCUT2D eigenvalue weighted by atomic mass is 10.1. The van der Waals surface area contributed by atoms with Crippen molar-refractivity contribution in [2.75, 3.05) is 11.9 Å². The predicted octanol–water partition coefficient (Wildman–Crippen LogP) is 2.58. The molecule has 0 fully saturated rings. The van der Waals surface area contributed by atoms with Crippen LogP contribution in [0, 0.1) is 5.82 Å². The molecular weight excluding hydrogens is 217 g/mol. The fourth-order valence-corrected chi connectivity index (χ4v) is 2.31. The van der Waals surface area contributed by atoms with Gasteiger partial charge in [-0.25, -0.2) is 4.39 Å². The fraction of sp³-hybridized carbons (Fsp3) is 0.308. The van der Waals surface area contributed by atoms with Crippen molar-refractivity contribution in [2.24, 2.45) is 7.05 Å².